The molecule has 88 valence electrons. The van der Waals surface area contributed by atoms with Gasteiger partial charge in [0.2, 0.25) is 5.22 Å². The van der Waals surface area contributed by atoms with Gasteiger partial charge in [-0.05, 0) is 24.7 Å². The van der Waals surface area contributed by atoms with Crippen LogP contribution in [0.15, 0.2) is 16.7 Å². The summed E-state index contributed by atoms with van der Waals surface area (Å²) in [5.74, 6) is -0.219. The molecule has 16 heavy (non-hydrogen) atoms. The van der Waals surface area contributed by atoms with E-state index in [9.17, 15) is 4.79 Å². The van der Waals surface area contributed by atoms with Gasteiger partial charge >= 0.3 is 0 Å². The Balaban J connectivity index is 1.91. The molecule has 1 aromatic heterocycles. The van der Waals surface area contributed by atoms with Gasteiger partial charge in [-0.3, -0.25) is 10.2 Å². The summed E-state index contributed by atoms with van der Waals surface area (Å²) >= 11 is 5.72. The average molecular weight is 244 g/mol. The number of piperazine rings is 1. The highest BCUT2D eigenvalue weighted by atomic mass is 35.5. The lowest BCUT2D eigenvalue weighted by Crippen LogP contribution is -2.52. The van der Waals surface area contributed by atoms with Crippen molar-refractivity contribution in [1.82, 2.24) is 15.3 Å². The van der Waals surface area contributed by atoms with E-state index in [-0.39, 0.29) is 11.1 Å². The normalized spacial score (nSPS) is 18.6. The molecule has 6 heteroatoms. The van der Waals surface area contributed by atoms with Crippen LogP contribution in [-0.2, 0) is 0 Å². The number of furan rings is 1. The number of halogens is 1. The Labute approximate surface area is 98.9 Å². The number of hydrazine groups is 1. The molecule has 0 aliphatic carbocycles. The third kappa shape index (κ3) is 2.55. The number of carbonyl (C=O) groups is 1. The fraction of sp³-hybridized carbons (Fsp3) is 0.500. The van der Waals surface area contributed by atoms with E-state index < -0.39 is 0 Å². The zero-order valence-electron chi connectivity index (χ0n) is 9.07. The van der Waals surface area contributed by atoms with Gasteiger partial charge in [0.05, 0.1) is 11.8 Å². The van der Waals surface area contributed by atoms with E-state index >= 15 is 0 Å². The van der Waals surface area contributed by atoms with Crippen molar-refractivity contribution < 1.29 is 9.21 Å². The fourth-order valence-corrected chi connectivity index (χ4v) is 1.78. The molecule has 2 rings (SSSR count). The maximum Gasteiger partial charge on any atom is 0.270 e. The minimum absolute atomic E-state index is 0.131. The van der Waals surface area contributed by atoms with E-state index in [4.69, 9.17) is 16.0 Å². The van der Waals surface area contributed by atoms with Crippen LogP contribution in [0.2, 0.25) is 5.22 Å². The van der Waals surface area contributed by atoms with Gasteiger partial charge < -0.3 is 9.32 Å². The molecule has 0 atom stereocenters. The molecule has 1 aliphatic rings. The van der Waals surface area contributed by atoms with E-state index in [1.54, 1.807) is 6.07 Å². The van der Waals surface area contributed by atoms with E-state index in [1.165, 1.54) is 6.26 Å². The summed E-state index contributed by atoms with van der Waals surface area (Å²) in [5.41, 5.74) is 3.18. The molecule has 0 bridgehead atoms. The molecule has 5 nitrogen and oxygen atoms in total. The average Bonchev–Trinajstić information content (AvgIpc) is 2.68. The Morgan fingerprint density at radius 2 is 2.12 bits per heavy atom. The van der Waals surface area contributed by atoms with Crippen LogP contribution < -0.4 is 5.43 Å². The summed E-state index contributed by atoms with van der Waals surface area (Å²) < 4.78 is 4.87. The fourth-order valence-electron chi connectivity index (χ4n) is 1.58. The number of nitrogens with zero attached hydrogens (tertiary/aromatic N) is 2. The topological polar surface area (TPSA) is 48.7 Å². The summed E-state index contributed by atoms with van der Waals surface area (Å²) in [6.45, 7) is 3.52. The van der Waals surface area contributed by atoms with Crippen molar-refractivity contribution >= 4 is 17.5 Å². The number of carbonyl (C=O) groups excluding carboxylic acids is 1. The van der Waals surface area contributed by atoms with Gasteiger partial charge in [0.25, 0.3) is 5.91 Å². The maximum absolute atomic E-state index is 11.8. The van der Waals surface area contributed by atoms with Crippen LogP contribution in [0.4, 0.5) is 0 Å². The Morgan fingerprint density at radius 1 is 1.44 bits per heavy atom. The van der Waals surface area contributed by atoms with Gasteiger partial charge in [-0.15, -0.1) is 0 Å². The second kappa shape index (κ2) is 4.86. The SMILES string of the molecule is CN1CCN(NC(=O)c2ccoc2Cl)CC1. The predicted octanol–water partition coefficient (Wildman–Crippen LogP) is 0.825. The summed E-state index contributed by atoms with van der Waals surface area (Å²) in [6.07, 6.45) is 1.40. The highest BCUT2D eigenvalue weighted by Gasteiger charge is 2.18. The Morgan fingerprint density at radius 3 is 2.69 bits per heavy atom. The van der Waals surface area contributed by atoms with E-state index in [1.807, 2.05) is 5.01 Å². The van der Waals surface area contributed by atoms with Crippen molar-refractivity contribution in [3.05, 3.63) is 23.1 Å². The first kappa shape index (κ1) is 11.4. The van der Waals surface area contributed by atoms with Crippen LogP contribution in [0.25, 0.3) is 0 Å². The summed E-state index contributed by atoms with van der Waals surface area (Å²) in [6, 6.07) is 1.56. The molecule has 0 aromatic carbocycles. The number of hydrogen-bond donors (Lipinski definition) is 1. The second-order valence-electron chi connectivity index (χ2n) is 3.84. The van der Waals surface area contributed by atoms with Crippen molar-refractivity contribution in [2.45, 2.75) is 0 Å². The van der Waals surface area contributed by atoms with Crippen LogP contribution >= 0.6 is 11.6 Å². The largest absolute Gasteiger partial charge is 0.452 e. The first-order valence-electron chi connectivity index (χ1n) is 5.14. The molecule has 1 aliphatic heterocycles. The van der Waals surface area contributed by atoms with Crippen molar-refractivity contribution in [2.24, 2.45) is 0 Å². The van der Waals surface area contributed by atoms with Gasteiger partial charge in [0.1, 0.15) is 0 Å². The van der Waals surface area contributed by atoms with E-state index in [0.29, 0.717) is 5.56 Å². The zero-order valence-corrected chi connectivity index (χ0v) is 9.83. The highest BCUT2D eigenvalue weighted by Crippen LogP contribution is 2.16. The minimum atomic E-state index is -0.219. The lowest BCUT2D eigenvalue weighted by molar-refractivity contribution is 0.0662. The summed E-state index contributed by atoms with van der Waals surface area (Å²) in [5, 5.41) is 2.03. The number of nitrogens with one attached hydrogen (secondary N) is 1. The van der Waals surface area contributed by atoms with Crippen molar-refractivity contribution in [3.63, 3.8) is 0 Å². The molecular formula is C10H14ClN3O2. The minimum Gasteiger partial charge on any atom is -0.452 e. The van der Waals surface area contributed by atoms with Crippen molar-refractivity contribution in [2.75, 3.05) is 33.2 Å². The predicted molar refractivity (Wildman–Crippen MR) is 60.3 cm³/mol. The van der Waals surface area contributed by atoms with Gasteiger partial charge in [0.15, 0.2) is 0 Å². The van der Waals surface area contributed by atoms with Gasteiger partial charge in [-0.1, -0.05) is 0 Å². The monoisotopic (exact) mass is 243 g/mol. The number of hydrogen-bond acceptors (Lipinski definition) is 4. The molecule has 0 unspecified atom stereocenters. The summed E-state index contributed by atoms with van der Waals surface area (Å²) in [4.78, 5) is 14.0. The van der Waals surface area contributed by atoms with Crippen LogP contribution in [0.5, 0.6) is 0 Å². The molecule has 1 N–H and O–H groups in total. The van der Waals surface area contributed by atoms with E-state index in [2.05, 4.69) is 17.4 Å². The Kier molecular flexibility index (Phi) is 3.48. The Bertz CT molecular complexity index is 372. The third-order valence-corrected chi connectivity index (χ3v) is 2.92. The molecule has 0 spiro atoms. The van der Waals surface area contributed by atoms with Crippen LogP contribution in [-0.4, -0.2) is 49.0 Å². The molecule has 0 radical (unpaired) electrons. The van der Waals surface area contributed by atoms with Crippen molar-refractivity contribution in [3.8, 4) is 0 Å². The molecule has 0 saturated carbocycles. The number of rotatable bonds is 2. The van der Waals surface area contributed by atoms with E-state index in [0.717, 1.165) is 26.2 Å². The highest BCUT2D eigenvalue weighted by molar-refractivity contribution is 6.32. The number of amides is 1. The van der Waals surface area contributed by atoms with Crippen LogP contribution in [0, 0.1) is 0 Å². The molecular weight excluding hydrogens is 230 g/mol. The lowest BCUT2D eigenvalue weighted by Gasteiger charge is -2.32. The molecule has 2 heterocycles. The first-order valence-corrected chi connectivity index (χ1v) is 5.52. The molecule has 1 fully saturated rings. The van der Waals surface area contributed by atoms with Crippen molar-refractivity contribution in [1.29, 1.82) is 0 Å². The second-order valence-corrected chi connectivity index (χ2v) is 4.18. The number of likely N-dealkylation sites (N-methyl/N-ethyl adjacent to an activating group) is 1. The maximum atomic E-state index is 11.8. The summed E-state index contributed by atoms with van der Waals surface area (Å²) in [7, 11) is 2.06. The Hall–Kier alpha value is -1.04. The molecule has 1 amide bonds. The van der Waals surface area contributed by atoms with Gasteiger partial charge in [-0.2, -0.15) is 0 Å². The first-order chi connectivity index (χ1) is 7.66. The van der Waals surface area contributed by atoms with Crippen LogP contribution in [0.3, 0.4) is 0 Å². The zero-order chi connectivity index (χ0) is 11.5. The van der Waals surface area contributed by atoms with Gasteiger partial charge in [0, 0.05) is 26.2 Å². The lowest BCUT2D eigenvalue weighted by atomic mass is 10.3. The quantitative estimate of drug-likeness (QED) is 0.836. The molecule has 1 saturated heterocycles. The standard InChI is InChI=1S/C10H14ClN3O2/c1-13-3-5-14(6-4-13)12-10(15)8-2-7-16-9(8)11/h2,7H,3-6H2,1H3,(H,12,15). The van der Waals surface area contributed by atoms with Gasteiger partial charge in [-0.25, -0.2) is 5.01 Å². The van der Waals surface area contributed by atoms with Crippen LogP contribution in [0.1, 0.15) is 10.4 Å². The third-order valence-electron chi connectivity index (χ3n) is 2.63. The molecule has 1 aromatic rings. The smallest absolute Gasteiger partial charge is 0.270 e.